The van der Waals surface area contributed by atoms with Crippen molar-refractivity contribution in [2.24, 2.45) is 5.92 Å². The van der Waals surface area contributed by atoms with E-state index in [0.717, 1.165) is 5.56 Å². The molecule has 28 heavy (non-hydrogen) atoms. The second-order valence-corrected chi connectivity index (χ2v) is 7.08. The van der Waals surface area contributed by atoms with Crippen LogP contribution >= 0.6 is 11.6 Å². The van der Waals surface area contributed by atoms with Gasteiger partial charge in [-0.2, -0.15) is 0 Å². The second-order valence-electron chi connectivity index (χ2n) is 6.64. The molecule has 0 unspecified atom stereocenters. The van der Waals surface area contributed by atoms with Gasteiger partial charge in [0.25, 0.3) is 0 Å². The van der Waals surface area contributed by atoms with Gasteiger partial charge in [0.15, 0.2) is 12.4 Å². The Balaban J connectivity index is 1.83. The van der Waals surface area contributed by atoms with E-state index in [1.165, 1.54) is 6.08 Å². The van der Waals surface area contributed by atoms with E-state index in [1.807, 2.05) is 13.8 Å². The fraction of sp³-hybridized carbons (Fsp3) is 0.227. The molecule has 0 saturated heterocycles. The second kappa shape index (κ2) is 10.4. The topological polar surface area (TPSA) is 72.5 Å². The van der Waals surface area contributed by atoms with Gasteiger partial charge in [-0.1, -0.05) is 37.6 Å². The molecule has 146 valence electrons. The van der Waals surface area contributed by atoms with Crippen LogP contribution in [0.3, 0.4) is 0 Å². The molecule has 0 aliphatic heterocycles. The molecule has 0 saturated carbocycles. The largest absolute Gasteiger partial charge is 0.454 e. The SMILES string of the molecule is CC(C)CC(=O)Nc1ccc(C(=O)COC(=O)/C=C/c2cccc(Cl)c2)cc1. The average molecular weight is 400 g/mol. The van der Waals surface area contributed by atoms with E-state index in [2.05, 4.69) is 5.32 Å². The zero-order chi connectivity index (χ0) is 20.5. The minimum atomic E-state index is -0.620. The van der Waals surface area contributed by atoms with Gasteiger partial charge in [-0.25, -0.2) is 4.79 Å². The highest BCUT2D eigenvalue weighted by Gasteiger charge is 2.10. The molecule has 2 aromatic carbocycles. The zero-order valence-electron chi connectivity index (χ0n) is 15.8. The summed E-state index contributed by atoms with van der Waals surface area (Å²) in [5.74, 6) is -0.756. The maximum absolute atomic E-state index is 12.1. The molecule has 0 radical (unpaired) electrons. The van der Waals surface area contributed by atoms with Gasteiger partial charge in [0.2, 0.25) is 5.91 Å². The van der Waals surface area contributed by atoms with E-state index in [4.69, 9.17) is 16.3 Å². The lowest BCUT2D eigenvalue weighted by Gasteiger charge is -2.08. The monoisotopic (exact) mass is 399 g/mol. The number of benzene rings is 2. The molecular formula is C22H22ClNO4. The molecular weight excluding hydrogens is 378 g/mol. The summed E-state index contributed by atoms with van der Waals surface area (Å²) in [6.45, 7) is 3.57. The molecule has 0 atom stereocenters. The van der Waals surface area contributed by atoms with Crippen molar-refractivity contribution < 1.29 is 19.1 Å². The van der Waals surface area contributed by atoms with Gasteiger partial charge in [-0.3, -0.25) is 9.59 Å². The van der Waals surface area contributed by atoms with Gasteiger partial charge < -0.3 is 10.1 Å². The smallest absolute Gasteiger partial charge is 0.331 e. The summed E-state index contributed by atoms with van der Waals surface area (Å²) in [5, 5.41) is 3.34. The third-order valence-corrected chi connectivity index (χ3v) is 3.93. The number of amides is 1. The number of carbonyl (C=O) groups excluding carboxylic acids is 3. The van der Waals surface area contributed by atoms with E-state index in [0.29, 0.717) is 22.7 Å². The Morgan fingerprint density at radius 2 is 1.82 bits per heavy atom. The van der Waals surface area contributed by atoms with Crippen molar-refractivity contribution in [2.45, 2.75) is 20.3 Å². The summed E-state index contributed by atoms with van der Waals surface area (Å²) in [5.41, 5.74) is 1.77. The Morgan fingerprint density at radius 3 is 2.46 bits per heavy atom. The molecule has 0 bridgehead atoms. The number of ether oxygens (including phenoxy) is 1. The van der Waals surface area contributed by atoms with Crippen LogP contribution in [-0.4, -0.2) is 24.3 Å². The lowest BCUT2D eigenvalue weighted by atomic mass is 10.1. The maximum atomic E-state index is 12.1. The standard InChI is InChI=1S/C22H22ClNO4/c1-15(2)12-21(26)24-19-9-7-17(8-10-19)20(25)14-28-22(27)11-6-16-4-3-5-18(23)13-16/h3-11,13,15H,12,14H2,1-2H3,(H,24,26)/b11-6+. The van der Waals surface area contributed by atoms with Crippen LogP contribution < -0.4 is 5.32 Å². The fourth-order valence-electron chi connectivity index (χ4n) is 2.36. The fourth-order valence-corrected chi connectivity index (χ4v) is 2.56. The molecule has 0 aliphatic rings. The number of anilines is 1. The van der Waals surface area contributed by atoms with Crippen molar-refractivity contribution in [2.75, 3.05) is 11.9 Å². The van der Waals surface area contributed by atoms with Crippen LogP contribution in [0.15, 0.2) is 54.6 Å². The predicted molar refractivity (Wildman–Crippen MR) is 110 cm³/mol. The minimum absolute atomic E-state index is 0.0745. The van der Waals surface area contributed by atoms with Gasteiger partial charge in [0.05, 0.1) is 0 Å². The Kier molecular flexibility index (Phi) is 7.96. The molecule has 0 aromatic heterocycles. The molecule has 6 heteroatoms. The highest BCUT2D eigenvalue weighted by atomic mass is 35.5. The number of carbonyl (C=O) groups is 3. The normalized spacial score (nSPS) is 10.9. The first-order valence-corrected chi connectivity index (χ1v) is 9.25. The third-order valence-electron chi connectivity index (χ3n) is 3.69. The zero-order valence-corrected chi connectivity index (χ0v) is 16.5. The Hall–Kier alpha value is -2.92. The number of nitrogens with one attached hydrogen (secondary N) is 1. The summed E-state index contributed by atoms with van der Waals surface area (Å²) >= 11 is 5.87. The van der Waals surface area contributed by atoms with Gasteiger partial charge in [-0.15, -0.1) is 0 Å². The lowest BCUT2D eigenvalue weighted by Crippen LogP contribution is -2.14. The van der Waals surface area contributed by atoms with E-state index in [1.54, 1.807) is 54.6 Å². The Labute approximate surface area is 169 Å². The van der Waals surface area contributed by atoms with E-state index in [9.17, 15) is 14.4 Å². The Morgan fingerprint density at radius 1 is 1.11 bits per heavy atom. The number of rotatable bonds is 8. The molecule has 0 heterocycles. The van der Waals surface area contributed by atoms with Crippen LogP contribution in [0.25, 0.3) is 6.08 Å². The van der Waals surface area contributed by atoms with Crippen molar-refractivity contribution in [1.29, 1.82) is 0 Å². The van der Waals surface area contributed by atoms with E-state index >= 15 is 0 Å². The minimum Gasteiger partial charge on any atom is -0.454 e. The van der Waals surface area contributed by atoms with Crippen molar-refractivity contribution in [3.8, 4) is 0 Å². The quantitative estimate of drug-likeness (QED) is 0.394. The highest BCUT2D eigenvalue weighted by Crippen LogP contribution is 2.13. The van der Waals surface area contributed by atoms with Crippen LogP contribution in [0.5, 0.6) is 0 Å². The summed E-state index contributed by atoms with van der Waals surface area (Å²) in [6.07, 6.45) is 3.24. The van der Waals surface area contributed by atoms with Gasteiger partial charge in [0.1, 0.15) is 0 Å². The molecule has 1 amide bonds. The van der Waals surface area contributed by atoms with Crippen LogP contribution in [0, 0.1) is 5.92 Å². The van der Waals surface area contributed by atoms with Gasteiger partial charge in [0, 0.05) is 28.8 Å². The van der Waals surface area contributed by atoms with Gasteiger partial charge >= 0.3 is 5.97 Å². The highest BCUT2D eigenvalue weighted by molar-refractivity contribution is 6.30. The van der Waals surface area contributed by atoms with Crippen molar-refractivity contribution in [3.05, 3.63) is 70.8 Å². The number of hydrogen-bond acceptors (Lipinski definition) is 4. The summed E-state index contributed by atoms with van der Waals surface area (Å²) in [4.78, 5) is 35.7. The van der Waals surface area contributed by atoms with Crippen LogP contribution in [0.2, 0.25) is 5.02 Å². The van der Waals surface area contributed by atoms with Crippen LogP contribution in [0.4, 0.5) is 5.69 Å². The summed E-state index contributed by atoms with van der Waals surface area (Å²) < 4.78 is 4.97. The van der Waals surface area contributed by atoms with Crippen LogP contribution in [-0.2, 0) is 14.3 Å². The molecule has 2 aromatic rings. The molecule has 5 nitrogen and oxygen atoms in total. The molecule has 0 aliphatic carbocycles. The molecule has 0 spiro atoms. The molecule has 1 N–H and O–H groups in total. The maximum Gasteiger partial charge on any atom is 0.331 e. The van der Waals surface area contributed by atoms with Crippen LogP contribution in [0.1, 0.15) is 36.2 Å². The van der Waals surface area contributed by atoms with E-state index in [-0.39, 0.29) is 24.2 Å². The lowest BCUT2D eigenvalue weighted by molar-refractivity contribution is -0.136. The molecule has 0 fully saturated rings. The predicted octanol–water partition coefficient (Wildman–Crippen LogP) is 4.76. The summed E-state index contributed by atoms with van der Waals surface area (Å²) in [6, 6.07) is 13.5. The molecule has 2 rings (SSSR count). The first-order chi connectivity index (χ1) is 13.3. The van der Waals surface area contributed by atoms with Crippen molar-refractivity contribution >= 4 is 41.0 Å². The van der Waals surface area contributed by atoms with Gasteiger partial charge in [-0.05, 0) is 54.0 Å². The number of halogens is 1. The number of ketones is 1. The van der Waals surface area contributed by atoms with Crippen molar-refractivity contribution in [1.82, 2.24) is 0 Å². The number of hydrogen-bond donors (Lipinski definition) is 1. The van der Waals surface area contributed by atoms with Crippen molar-refractivity contribution in [3.63, 3.8) is 0 Å². The third kappa shape index (κ3) is 7.37. The first-order valence-electron chi connectivity index (χ1n) is 8.87. The number of Topliss-reactive ketones (excluding diaryl/α,β-unsaturated/α-hetero) is 1. The number of esters is 1. The average Bonchev–Trinajstić information content (AvgIpc) is 2.64. The van der Waals surface area contributed by atoms with E-state index < -0.39 is 5.97 Å². The first kappa shape index (κ1) is 21.4. The Bertz CT molecular complexity index is 872. The summed E-state index contributed by atoms with van der Waals surface area (Å²) in [7, 11) is 0.